The first-order valence-corrected chi connectivity index (χ1v) is 12.1. The van der Waals surface area contributed by atoms with Gasteiger partial charge in [-0.2, -0.15) is 0 Å². The van der Waals surface area contributed by atoms with Gasteiger partial charge in [-0.3, -0.25) is 14.5 Å². The number of esters is 2. The largest absolute Gasteiger partial charge is 0.464 e. The van der Waals surface area contributed by atoms with Gasteiger partial charge in [-0.05, 0) is 36.6 Å². The highest BCUT2D eigenvalue weighted by molar-refractivity contribution is 7.93. The highest BCUT2D eigenvalue weighted by Gasteiger charge is 2.22. The van der Waals surface area contributed by atoms with Crippen LogP contribution in [0.15, 0.2) is 76.9 Å². The molecule has 0 bridgehead atoms. The normalized spacial score (nSPS) is 11.9. The van der Waals surface area contributed by atoms with E-state index in [2.05, 4.69) is 37.9 Å². The SMILES string of the molecule is C=C(N=CC(C#Cc1ccccc1NS(=O)(=O)c1c(C)ccc2cccnc12)OC(C)=O)C(=O)OC. The average molecular weight is 506 g/mol. The van der Waals surface area contributed by atoms with Crippen LogP contribution in [0.2, 0.25) is 0 Å². The molecule has 0 saturated heterocycles. The maximum Gasteiger partial charge on any atom is 0.356 e. The van der Waals surface area contributed by atoms with Gasteiger partial charge in [-0.25, -0.2) is 18.2 Å². The lowest BCUT2D eigenvalue weighted by Gasteiger charge is -2.13. The quantitative estimate of drug-likeness (QED) is 0.226. The number of carbonyl (C=O) groups is 2. The van der Waals surface area contributed by atoms with Crippen molar-refractivity contribution in [1.82, 2.24) is 4.98 Å². The number of aryl methyl sites for hydroxylation is 1. The van der Waals surface area contributed by atoms with E-state index >= 15 is 0 Å². The molecule has 2 aromatic carbocycles. The van der Waals surface area contributed by atoms with E-state index in [-0.39, 0.29) is 16.3 Å². The number of aliphatic imine (C=N–C) groups is 1. The van der Waals surface area contributed by atoms with Gasteiger partial charge in [0.25, 0.3) is 10.0 Å². The van der Waals surface area contributed by atoms with Crippen molar-refractivity contribution in [1.29, 1.82) is 0 Å². The summed E-state index contributed by atoms with van der Waals surface area (Å²) in [5, 5.41) is 0.689. The molecular weight excluding hydrogens is 482 g/mol. The van der Waals surface area contributed by atoms with Gasteiger partial charge in [-0.15, -0.1) is 0 Å². The smallest absolute Gasteiger partial charge is 0.356 e. The highest BCUT2D eigenvalue weighted by Crippen LogP contribution is 2.27. The number of carbonyl (C=O) groups excluding carboxylic acids is 2. The van der Waals surface area contributed by atoms with Gasteiger partial charge in [0.15, 0.2) is 6.10 Å². The second-order valence-corrected chi connectivity index (χ2v) is 9.07. The van der Waals surface area contributed by atoms with Gasteiger partial charge in [-0.1, -0.05) is 42.8 Å². The Morgan fingerprint density at radius 3 is 2.64 bits per heavy atom. The zero-order valence-electron chi connectivity index (χ0n) is 19.8. The Hall–Kier alpha value is -4.49. The molecule has 0 aliphatic rings. The van der Waals surface area contributed by atoms with Crippen LogP contribution in [0.1, 0.15) is 18.1 Å². The van der Waals surface area contributed by atoms with Gasteiger partial charge in [0.2, 0.25) is 0 Å². The zero-order chi connectivity index (χ0) is 26.3. The fraction of sp³-hybridized carbons (Fsp3) is 0.154. The van der Waals surface area contributed by atoms with E-state index in [1.807, 2.05) is 6.07 Å². The van der Waals surface area contributed by atoms with Crippen LogP contribution in [-0.4, -0.2) is 44.8 Å². The molecule has 0 aliphatic carbocycles. The number of anilines is 1. The first-order valence-electron chi connectivity index (χ1n) is 10.6. The number of methoxy groups -OCH3 is 1. The predicted octanol–water partition coefficient (Wildman–Crippen LogP) is 3.38. The number of sulfonamides is 1. The summed E-state index contributed by atoms with van der Waals surface area (Å²) in [7, 11) is -2.86. The summed E-state index contributed by atoms with van der Waals surface area (Å²) in [6.07, 6.45) is 1.54. The number of hydrogen-bond donors (Lipinski definition) is 1. The lowest BCUT2D eigenvalue weighted by molar-refractivity contribution is -0.141. The minimum absolute atomic E-state index is 0.0645. The molecule has 10 heteroatoms. The molecular formula is C26H23N3O6S. The number of hydrogen-bond acceptors (Lipinski definition) is 8. The van der Waals surface area contributed by atoms with Crippen LogP contribution in [0, 0.1) is 18.8 Å². The predicted molar refractivity (Wildman–Crippen MR) is 136 cm³/mol. The Balaban J connectivity index is 1.96. The van der Waals surface area contributed by atoms with Crippen LogP contribution in [0.5, 0.6) is 0 Å². The van der Waals surface area contributed by atoms with Gasteiger partial charge in [0, 0.05) is 24.1 Å². The fourth-order valence-electron chi connectivity index (χ4n) is 3.19. The first-order chi connectivity index (χ1) is 17.1. The van der Waals surface area contributed by atoms with Crippen molar-refractivity contribution < 1.29 is 27.5 Å². The molecule has 36 heavy (non-hydrogen) atoms. The van der Waals surface area contributed by atoms with Crippen LogP contribution >= 0.6 is 0 Å². The summed E-state index contributed by atoms with van der Waals surface area (Å²) in [4.78, 5) is 31.1. The summed E-state index contributed by atoms with van der Waals surface area (Å²) in [5.41, 5.74) is 1.22. The Morgan fingerprint density at radius 2 is 1.92 bits per heavy atom. The van der Waals surface area contributed by atoms with Gasteiger partial charge in [0.05, 0.1) is 24.5 Å². The number of benzene rings is 2. The van der Waals surface area contributed by atoms with Crippen molar-refractivity contribution in [3.63, 3.8) is 0 Å². The maximum atomic E-state index is 13.4. The Morgan fingerprint density at radius 1 is 1.17 bits per heavy atom. The molecule has 1 aromatic heterocycles. The maximum absolute atomic E-state index is 13.4. The lowest BCUT2D eigenvalue weighted by Crippen LogP contribution is -2.17. The molecule has 0 radical (unpaired) electrons. The molecule has 3 rings (SSSR count). The molecule has 9 nitrogen and oxygen atoms in total. The molecule has 0 aliphatic heterocycles. The van der Waals surface area contributed by atoms with Crippen LogP contribution < -0.4 is 4.72 Å². The number of nitrogens with one attached hydrogen (secondary N) is 1. The first kappa shape index (κ1) is 26.1. The molecule has 0 saturated carbocycles. The molecule has 0 fully saturated rings. The lowest BCUT2D eigenvalue weighted by atomic mass is 10.1. The van der Waals surface area contributed by atoms with Crippen LogP contribution in [-0.2, 0) is 29.1 Å². The van der Waals surface area contributed by atoms with E-state index in [0.29, 0.717) is 22.0 Å². The van der Waals surface area contributed by atoms with Gasteiger partial charge < -0.3 is 9.47 Å². The summed E-state index contributed by atoms with van der Waals surface area (Å²) in [6, 6.07) is 13.5. The van der Waals surface area contributed by atoms with Crippen molar-refractivity contribution in [3.8, 4) is 11.8 Å². The molecule has 1 unspecified atom stereocenters. The molecule has 184 valence electrons. The van der Waals surface area contributed by atoms with Gasteiger partial charge >= 0.3 is 11.9 Å². The number of nitrogens with zero attached hydrogens (tertiary/aromatic N) is 2. The number of rotatable bonds is 7. The number of pyridine rings is 1. The summed E-state index contributed by atoms with van der Waals surface area (Å²) in [5.74, 6) is 4.13. The Bertz CT molecular complexity index is 1530. The van der Waals surface area contributed by atoms with Crippen LogP contribution in [0.3, 0.4) is 0 Å². The summed E-state index contributed by atoms with van der Waals surface area (Å²) >= 11 is 0. The van der Waals surface area contributed by atoms with E-state index in [9.17, 15) is 18.0 Å². The third kappa shape index (κ3) is 6.34. The Labute approximate surface area is 208 Å². The van der Waals surface area contributed by atoms with Crippen molar-refractivity contribution in [3.05, 3.63) is 78.1 Å². The number of aromatic nitrogens is 1. The van der Waals surface area contributed by atoms with Crippen LogP contribution in [0.25, 0.3) is 10.9 Å². The minimum atomic E-state index is -4.04. The van der Waals surface area contributed by atoms with Crippen molar-refractivity contribution in [2.24, 2.45) is 4.99 Å². The molecule has 0 spiro atoms. The molecule has 1 N–H and O–H groups in total. The average Bonchev–Trinajstić information content (AvgIpc) is 2.84. The zero-order valence-corrected chi connectivity index (χ0v) is 20.6. The number of para-hydroxylation sites is 1. The molecule has 3 aromatic rings. The monoisotopic (exact) mass is 505 g/mol. The number of ether oxygens (including phenoxy) is 2. The molecule has 1 heterocycles. The fourth-order valence-corrected chi connectivity index (χ4v) is 4.67. The second kappa shape index (κ2) is 11.3. The van der Waals surface area contributed by atoms with Crippen molar-refractivity contribution >= 4 is 44.8 Å². The van der Waals surface area contributed by atoms with E-state index in [1.165, 1.54) is 20.2 Å². The highest BCUT2D eigenvalue weighted by atomic mass is 32.2. The van der Waals surface area contributed by atoms with Crippen molar-refractivity contribution in [2.45, 2.75) is 24.8 Å². The van der Waals surface area contributed by atoms with E-state index < -0.39 is 28.1 Å². The topological polar surface area (TPSA) is 124 Å². The second-order valence-electron chi connectivity index (χ2n) is 7.45. The standard InChI is InChI=1S/C26H23N3O6S/c1-17-11-12-21-9-7-15-27-24(21)25(17)36(32,33)29-23-10-6-5-8-20(23)13-14-22(35-19(3)30)16-28-18(2)26(31)34-4/h5-12,15-16,22,29H,2H2,1,3-4H3. The number of fused-ring (bicyclic) bond motifs is 1. The van der Waals surface area contributed by atoms with Crippen molar-refractivity contribution in [2.75, 3.05) is 11.8 Å². The third-order valence-corrected chi connectivity index (χ3v) is 6.34. The molecule has 1 atom stereocenters. The van der Waals surface area contributed by atoms with Crippen LogP contribution in [0.4, 0.5) is 5.69 Å². The van der Waals surface area contributed by atoms with E-state index in [4.69, 9.17) is 4.74 Å². The minimum Gasteiger partial charge on any atom is -0.464 e. The van der Waals surface area contributed by atoms with Gasteiger partial charge in [0.1, 0.15) is 10.6 Å². The van der Waals surface area contributed by atoms with E-state index in [1.54, 1.807) is 49.4 Å². The summed E-state index contributed by atoms with van der Waals surface area (Å²) < 4.78 is 39.0. The van der Waals surface area contributed by atoms with E-state index in [0.717, 1.165) is 6.21 Å². The summed E-state index contributed by atoms with van der Waals surface area (Å²) in [6.45, 7) is 6.35. The molecule has 0 amide bonds. The Kier molecular flexibility index (Phi) is 8.19. The third-order valence-electron chi connectivity index (χ3n) is 4.79.